The molecule has 1 amide bonds. The summed E-state index contributed by atoms with van der Waals surface area (Å²) in [5, 5.41) is 3.34. The van der Waals surface area contributed by atoms with Crippen molar-refractivity contribution in [3.63, 3.8) is 0 Å². The van der Waals surface area contributed by atoms with Crippen LogP contribution in [0.5, 0.6) is 0 Å². The molecule has 1 atom stereocenters. The van der Waals surface area contributed by atoms with E-state index in [1.54, 1.807) is 6.07 Å². The second-order valence-electron chi connectivity index (χ2n) is 4.90. The van der Waals surface area contributed by atoms with E-state index in [4.69, 9.17) is 17.3 Å². The highest BCUT2D eigenvalue weighted by Gasteiger charge is 2.23. The Labute approximate surface area is 144 Å². The van der Waals surface area contributed by atoms with Crippen LogP contribution in [0.4, 0.5) is 5.69 Å². The first-order valence-corrected chi connectivity index (χ1v) is 8.25. The van der Waals surface area contributed by atoms with E-state index < -0.39 is 0 Å². The standard InChI is InChI=1S/C15H11Br2ClN2O/c16-8-1-2-9(11(17)5-8)15(19)10-3-7-4-14(21)20-13(7)6-12(10)18/h1-3,5-6,15H,4,19H2,(H,20,21). The number of rotatable bonds is 2. The first-order chi connectivity index (χ1) is 9.95. The number of nitrogens with one attached hydrogen (secondary N) is 1. The molecule has 108 valence electrons. The van der Waals surface area contributed by atoms with Gasteiger partial charge >= 0.3 is 0 Å². The normalized spacial score (nSPS) is 14.8. The Bertz CT molecular complexity index is 749. The SMILES string of the molecule is NC(c1cc2c(cc1Cl)NC(=O)C2)c1ccc(Br)cc1Br. The molecule has 0 spiro atoms. The van der Waals surface area contributed by atoms with E-state index >= 15 is 0 Å². The van der Waals surface area contributed by atoms with E-state index in [0.717, 1.165) is 31.3 Å². The molecule has 21 heavy (non-hydrogen) atoms. The monoisotopic (exact) mass is 428 g/mol. The van der Waals surface area contributed by atoms with Gasteiger partial charge in [0, 0.05) is 19.7 Å². The number of fused-ring (bicyclic) bond motifs is 1. The lowest BCUT2D eigenvalue weighted by atomic mass is 9.97. The molecule has 6 heteroatoms. The van der Waals surface area contributed by atoms with Crippen molar-refractivity contribution in [3.05, 3.63) is 61.0 Å². The number of benzene rings is 2. The van der Waals surface area contributed by atoms with E-state index in [1.807, 2.05) is 24.3 Å². The minimum absolute atomic E-state index is 0.0170. The van der Waals surface area contributed by atoms with E-state index in [-0.39, 0.29) is 11.9 Å². The smallest absolute Gasteiger partial charge is 0.228 e. The van der Waals surface area contributed by atoms with Gasteiger partial charge < -0.3 is 11.1 Å². The highest BCUT2D eigenvalue weighted by Crippen LogP contribution is 2.36. The number of hydrogen-bond donors (Lipinski definition) is 2. The summed E-state index contributed by atoms with van der Waals surface area (Å²) >= 11 is 13.3. The van der Waals surface area contributed by atoms with Crippen LogP contribution in [0.2, 0.25) is 5.02 Å². The first-order valence-electron chi connectivity index (χ1n) is 6.28. The zero-order valence-electron chi connectivity index (χ0n) is 10.8. The first kappa shape index (κ1) is 15.0. The Morgan fingerprint density at radius 1 is 1.19 bits per heavy atom. The lowest BCUT2D eigenvalue weighted by Crippen LogP contribution is -2.13. The predicted molar refractivity (Wildman–Crippen MR) is 91.7 cm³/mol. The molecule has 1 heterocycles. The average molecular weight is 431 g/mol. The summed E-state index contributed by atoms with van der Waals surface area (Å²) in [7, 11) is 0. The van der Waals surface area contributed by atoms with Gasteiger partial charge in [0.2, 0.25) is 5.91 Å². The molecule has 3 nitrogen and oxygen atoms in total. The summed E-state index contributed by atoms with van der Waals surface area (Å²) in [5.74, 6) is -0.0170. The van der Waals surface area contributed by atoms with Crippen LogP contribution in [0.3, 0.4) is 0 Å². The number of hydrogen-bond acceptors (Lipinski definition) is 2. The van der Waals surface area contributed by atoms with Crippen LogP contribution in [-0.2, 0) is 11.2 Å². The van der Waals surface area contributed by atoms with Crippen molar-refractivity contribution in [1.29, 1.82) is 0 Å². The lowest BCUT2D eigenvalue weighted by molar-refractivity contribution is -0.115. The van der Waals surface area contributed by atoms with E-state index in [2.05, 4.69) is 37.2 Å². The Morgan fingerprint density at radius 2 is 1.95 bits per heavy atom. The molecule has 1 aliphatic rings. The minimum atomic E-state index is -0.360. The number of halogens is 3. The largest absolute Gasteiger partial charge is 0.325 e. The highest BCUT2D eigenvalue weighted by atomic mass is 79.9. The van der Waals surface area contributed by atoms with Gasteiger partial charge in [0.25, 0.3) is 0 Å². The molecule has 0 aromatic heterocycles. The molecule has 0 aliphatic carbocycles. The molecule has 3 N–H and O–H groups in total. The fraction of sp³-hybridized carbons (Fsp3) is 0.133. The summed E-state index contributed by atoms with van der Waals surface area (Å²) in [5.41, 5.74) is 9.83. The number of nitrogens with two attached hydrogens (primary N) is 1. The maximum absolute atomic E-state index is 11.5. The summed E-state index contributed by atoms with van der Waals surface area (Å²) < 4.78 is 1.88. The molecule has 0 fully saturated rings. The fourth-order valence-corrected chi connectivity index (χ4v) is 4.00. The molecule has 0 radical (unpaired) electrons. The third-order valence-electron chi connectivity index (χ3n) is 3.48. The minimum Gasteiger partial charge on any atom is -0.325 e. The molecule has 1 aliphatic heterocycles. The van der Waals surface area contributed by atoms with Gasteiger partial charge in [0.15, 0.2) is 0 Å². The van der Waals surface area contributed by atoms with Gasteiger partial charge in [-0.25, -0.2) is 0 Å². The van der Waals surface area contributed by atoms with Gasteiger partial charge in [-0.3, -0.25) is 4.79 Å². The highest BCUT2D eigenvalue weighted by molar-refractivity contribution is 9.11. The molecular weight excluding hydrogens is 419 g/mol. The van der Waals surface area contributed by atoms with Gasteiger partial charge in [-0.2, -0.15) is 0 Å². The van der Waals surface area contributed by atoms with Crippen molar-refractivity contribution in [3.8, 4) is 0 Å². The predicted octanol–water partition coefficient (Wildman–Crippen LogP) is 4.41. The second-order valence-corrected chi connectivity index (χ2v) is 7.08. The van der Waals surface area contributed by atoms with Crippen molar-refractivity contribution >= 4 is 55.1 Å². The summed E-state index contributed by atoms with van der Waals surface area (Å²) in [6, 6.07) is 9.15. The van der Waals surface area contributed by atoms with Crippen molar-refractivity contribution in [1.82, 2.24) is 0 Å². The number of carbonyl (C=O) groups is 1. The summed E-state index contributed by atoms with van der Waals surface area (Å²) in [6.07, 6.45) is 0.369. The maximum atomic E-state index is 11.5. The zero-order valence-corrected chi connectivity index (χ0v) is 14.7. The van der Waals surface area contributed by atoms with Crippen LogP contribution in [0, 0.1) is 0 Å². The van der Waals surface area contributed by atoms with Gasteiger partial charge in [-0.1, -0.05) is 49.5 Å². The lowest BCUT2D eigenvalue weighted by Gasteiger charge is -2.17. The van der Waals surface area contributed by atoms with Crippen molar-refractivity contribution < 1.29 is 4.79 Å². The molecule has 3 rings (SSSR count). The Kier molecular flexibility index (Phi) is 4.10. The van der Waals surface area contributed by atoms with E-state index in [1.165, 1.54) is 0 Å². The van der Waals surface area contributed by atoms with Crippen LogP contribution in [0.1, 0.15) is 22.7 Å². The van der Waals surface area contributed by atoms with Crippen molar-refractivity contribution in [2.45, 2.75) is 12.5 Å². The molecule has 0 saturated carbocycles. The van der Waals surface area contributed by atoms with E-state index in [0.29, 0.717) is 11.4 Å². The van der Waals surface area contributed by atoms with Gasteiger partial charge in [-0.05, 0) is 41.0 Å². The summed E-state index contributed by atoms with van der Waals surface area (Å²) in [4.78, 5) is 11.5. The molecule has 1 unspecified atom stereocenters. The Hall–Kier alpha value is -0.880. The van der Waals surface area contributed by atoms with Gasteiger partial charge in [-0.15, -0.1) is 0 Å². The molecule has 0 bridgehead atoms. The van der Waals surface area contributed by atoms with Crippen molar-refractivity contribution in [2.24, 2.45) is 5.73 Å². The van der Waals surface area contributed by atoms with Gasteiger partial charge in [0.05, 0.1) is 12.5 Å². The Morgan fingerprint density at radius 3 is 2.67 bits per heavy atom. The fourth-order valence-electron chi connectivity index (χ4n) is 2.43. The van der Waals surface area contributed by atoms with Crippen molar-refractivity contribution in [2.75, 3.05) is 5.32 Å². The number of anilines is 1. The number of carbonyl (C=O) groups excluding carboxylic acids is 1. The van der Waals surface area contributed by atoms with Crippen LogP contribution < -0.4 is 11.1 Å². The van der Waals surface area contributed by atoms with Crippen LogP contribution in [0.15, 0.2) is 39.3 Å². The molecule has 2 aromatic carbocycles. The zero-order chi connectivity index (χ0) is 15.1. The van der Waals surface area contributed by atoms with E-state index in [9.17, 15) is 4.79 Å². The van der Waals surface area contributed by atoms with Crippen LogP contribution in [0.25, 0.3) is 0 Å². The average Bonchev–Trinajstić information content (AvgIpc) is 2.76. The van der Waals surface area contributed by atoms with Gasteiger partial charge in [0.1, 0.15) is 0 Å². The summed E-state index contributed by atoms with van der Waals surface area (Å²) in [6.45, 7) is 0. The van der Waals surface area contributed by atoms with Crippen LogP contribution in [-0.4, -0.2) is 5.91 Å². The topological polar surface area (TPSA) is 55.1 Å². The maximum Gasteiger partial charge on any atom is 0.228 e. The Balaban J connectivity index is 2.04. The van der Waals surface area contributed by atoms with Crippen LogP contribution >= 0.6 is 43.5 Å². The quantitative estimate of drug-likeness (QED) is 0.742. The molecule has 2 aromatic rings. The third kappa shape index (κ3) is 2.88. The molecule has 0 saturated heterocycles. The molecular formula is C15H11Br2ClN2O. The number of amides is 1. The second kappa shape index (κ2) is 5.72. The third-order valence-corrected chi connectivity index (χ3v) is 4.99.